The fourth-order valence-electron chi connectivity index (χ4n) is 4.19. The number of carbonyl (C=O) groups is 1. The van der Waals surface area contributed by atoms with E-state index in [0.717, 1.165) is 25.1 Å². The number of thiazole rings is 1. The first kappa shape index (κ1) is 22.4. The Kier molecular flexibility index (Phi) is 5.91. The van der Waals surface area contributed by atoms with Crippen LogP contribution in [0, 0.1) is 16.9 Å². The van der Waals surface area contributed by atoms with Crippen molar-refractivity contribution in [1.82, 2.24) is 14.8 Å². The Morgan fingerprint density at radius 2 is 2.00 bits per heavy atom. The first-order valence-corrected chi connectivity index (χ1v) is 13.1. The Bertz CT molecular complexity index is 1300. The van der Waals surface area contributed by atoms with Crippen molar-refractivity contribution in [1.29, 1.82) is 0 Å². The van der Waals surface area contributed by atoms with Gasteiger partial charge in [0.05, 0.1) is 17.0 Å². The molecule has 1 aliphatic carbocycles. The number of benzene rings is 1. The topological polar surface area (TPSA) is 103 Å². The monoisotopic (exact) mass is 496 g/mol. The molecule has 0 radical (unpaired) electrons. The molecule has 2 aliphatic rings. The van der Waals surface area contributed by atoms with E-state index in [9.17, 15) is 22.0 Å². The third kappa shape index (κ3) is 4.51. The molecule has 3 aromatic rings. The standard InChI is InChI=1S/C21H22F2N4O4S2/c22-15-3-4-16-14(19(15)33(29,30)13-1-2-13)11-27(26-16)17(9-12-5-7-31-8-6-12)20(28)25-21-24-10-18(23)32-21/h3-4,10-13,17H,1-2,5-9H2,(H,24,25,28). The van der Waals surface area contributed by atoms with Crippen LogP contribution in [0.5, 0.6) is 0 Å². The van der Waals surface area contributed by atoms with Crippen molar-refractivity contribution in [3.8, 4) is 0 Å². The van der Waals surface area contributed by atoms with Crippen molar-refractivity contribution in [3.05, 3.63) is 35.5 Å². The molecule has 8 nitrogen and oxygen atoms in total. The molecular weight excluding hydrogens is 474 g/mol. The number of fused-ring (bicyclic) bond motifs is 1. The van der Waals surface area contributed by atoms with Crippen LogP contribution in [0.4, 0.5) is 13.9 Å². The average Bonchev–Trinajstić information content (AvgIpc) is 3.46. The largest absolute Gasteiger partial charge is 0.381 e. The lowest BCUT2D eigenvalue weighted by Gasteiger charge is -2.26. The minimum atomic E-state index is -3.82. The van der Waals surface area contributed by atoms with Crippen LogP contribution in [0.3, 0.4) is 0 Å². The Balaban J connectivity index is 1.53. The number of nitrogens with zero attached hydrogens (tertiary/aromatic N) is 3. The van der Waals surface area contributed by atoms with Crippen molar-refractivity contribution in [2.75, 3.05) is 18.5 Å². The highest BCUT2D eigenvalue weighted by Gasteiger charge is 2.40. The molecule has 2 fully saturated rings. The highest BCUT2D eigenvalue weighted by Crippen LogP contribution is 2.38. The zero-order chi connectivity index (χ0) is 23.2. The Morgan fingerprint density at radius 1 is 1.24 bits per heavy atom. The molecule has 176 valence electrons. The third-order valence-electron chi connectivity index (χ3n) is 6.08. The maximum atomic E-state index is 14.7. The van der Waals surface area contributed by atoms with Gasteiger partial charge in [0.15, 0.2) is 20.1 Å². The zero-order valence-corrected chi connectivity index (χ0v) is 19.2. The third-order valence-corrected chi connectivity index (χ3v) is 9.12. The van der Waals surface area contributed by atoms with Gasteiger partial charge in [-0.1, -0.05) is 11.3 Å². The van der Waals surface area contributed by atoms with E-state index in [1.54, 1.807) is 0 Å². The van der Waals surface area contributed by atoms with Crippen molar-refractivity contribution in [2.24, 2.45) is 5.92 Å². The molecule has 1 unspecified atom stereocenters. The van der Waals surface area contributed by atoms with Gasteiger partial charge in [-0.05, 0) is 50.2 Å². The van der Waals surface area contributed by atoms with Gasteiger partial charge in [0.1, 0.15) is 16.8 Å². The molecule has 12 heteroatoms. The lowest BCUT2D eigenvalue weighted by molar-refractivity contribution is -0.120. The van der Waals surface area contributed by atoms with E-state index in [0.29, 0.717) is 49.3 Å². The predicted octanol–water partition coefficient (Wildman–Crippen LogP) is 3.70. The number of sulfone groups is 1. The van der Waals surface area contributed by atoms with Crippen molar-refractivity contribution in [2.45, 2.75) is 48.3 Å². The van der Waals surface area contributed by atoms with Crippen LogP contribution in [-0.4, -0.2) is 47.6 Å². The number of amides is 1. The Labute approximate surface area is 192 Å². The summed E-state index contributed by atoms with van der Waals surface area (Å²) in [6.45, 7) is 1.18. The fraction of sp³-hybridized carbons (Fsp3) is 0.476. The molecule has 1 saturated carbocycles. The molecule has 0 bridgehead atoms. The molecular formula is C21H22F2N4O4S2. The van der Waals surface area contributed by atoms with Crippen LogP contribution in [0.15, 0.2) is 29.4 Å². The number of halogens is 2. The summed E-state index contributed by atoms with van der Waals surface area (Å²) in [7, 11) is -3.82. The highest BCUT2D eigenvalue weighted by atomic mass is 32.2. The highest BCUT2D eigenvalue weighted by molar-refractivity contribution is 7.92. The summed E-state index contributed by atoms with van der Waals surface area (Å²) in [6, 6.07) is 1.69. The summed E-state index contributed by atoms with van der Waals surface area (Å²) in [5, 5.41) is 6.24. The van der Waals surface area contributed by atoms with E-state index in [4.69, 9.17) is 4.74 Å². The molecule has 1 saturated heterocycles. The van der Waals surface area contributed by atoms with Gasteiger partial charge in [-0.3, -0.25) is 9.48 Å². The van der Waals surface area contributed by atoms with Gasteiger partial charge >= 0.3 is 0 Å². The second-order valence-electron chi connectivity index (χ2n) is 8.43. The number of ether oxygens (including phenoxy) is 1. The summed E-state index contributed by atoms with van der Waals surface area (Å²) in [5.41, 5.74) is 0.292. The Hall–Kier alpha value is -2.44. The summed E-state index contributed by atoms with van der Waals surface area (Å²) in [6.07, 6.45) is 5.42. The molecule has 3 heterocycles. The van der Waals surface area contributed by atoms with Crippen LogP contribution in [-0.2, 0) is 19.4 Å². The van der Waals surface area contributed by atoms with Crippen LogP contribution in [0.25, 0.3) is 10.9 Å². The van der Waals surface area contributed by atoms with E-state index in [2.05, 4.69) is 15.4 Å². The van der Waals surface area contributed by atoms with E-state index in [1.165, 1.54) is 16.9 Å². The smallest absolute Gasteiger partial charge is 0.251 e. The van der Waals surface area contributed by atoms with Crippen LogP contribution < -0.4 is 5.32 Å². The maximum absolute atomic E-state index is 14.7. The zero-order valence-electron chi connectivity index (χ0n) is 17.5. The van der Waals surface area contributed by atoms with Crippen molar-refractivity contribution >= 4 is 43.1 Å². The minimum absolute atomic E-state index is 0.120. The van der Waals surface area contributed by atoms with Crippen molar-refractivity contribution in [3.63, 3.8) is 0 Å². The number of nitrogens with one attached hydrogen (secondary N) is 1. The van der Waals surface area contributed by atoms with Gasteiger partial charge in [-0.2, -0.15) is 9.49 Å². The number of hydrogen-bond acceptors (Lipinski definition) is 7. The molecule has 1 amide bonds. The second kappa shape index (κ2) is 8.73. The van der Waals surface area contributed by atoms with Crippen LogP contribution >= 0.6 is 11.3 Å². The SMILES string of the molecule is O=C(Nc1ncc(F)s1)C(CC1CCOCC1)n1cc2c(S(=O)(=O)C3CC3)c(F)ccc2n1. The molecule has 1 atom stereocenters. The van der Waals surface area contributed by atoms with Gasteiger partial charge in [0.2, 0.25) is 0 Å². The van der Waals surface area contributed by atoms with Gasteiger partial charge in [-0.25, -0.2) is 17.8 Å². The predicted molar refractivity (Wildman–Crippen MR) is 118 cm³/mol. The molecule has 1 aromatic carbocycles. The molecule has 1 N–H and O–H groups in total. The number of aromatic nitrogens is 3. The Morgan fingerprint density at radius 3 is 2.67 bits per heavy atom. The molecule has 2 aromatic heterocycles. The van der Waals surface area contributed by atoms with Gasteiger partial charge in [-0.15, -0.1) is 0 Å². The maximum Gasteiger partial charge on any atom is 0.251 e. The average molecular weight is 497 g/mol. The first-order valence-electron chi connectivity index (χ1n) is 10.7. The summed E-state index contributed by atoms with van der Waals surface area (Å²) in [4.78, 5) is 16.7. The first-order chi connectivity index (χ1) is 15.8. The van der Waals surface area contributed by atoms with Gasteiger partial charge in [0.25, 0.3) is 5.91 Å². The van der Waals surface area contributed by atoms with Crippen molar-refractivity contribution < 1.29 is 26.7 Å². The second-order valence-corrected chi connectivity index (χ2v) is 11.6. The molecule has 5 rings (SSSR count). The van der Waals surface area contributed by atoms with Gasteiger partial charge in [0, 0.05) is 24.8 Å². The normalized spacial score (nSPS) is 18.5. The molecule has 0 spiro atoms. The summed E-state index contributed by atoms with van der Waals surface area (Å²) >= 11 is 0.709. The lowest BCUT2D eigenvalue weighted by atomic mass is 9.92. The molecule has 1 aliphatic heterocycles. The van der Waals surface area contributed by atoms with Gasteiger partial charge < -0.3 is 10.1 Å². The van der Waals surface area contributed by atoms with E-state index in [1.807, 2.05) is 0 Å². The fourth-order valence-corrected chi connectivity index (χ4v) is 6.63. The van der Waals surface area contributed by atoms with Crippen LogP contribution in [0.2, 0.25) is 0 Å². The minimum Gasteiger partial charge on any atom is -0.381 e. The number of carbonyl (C=O) groups excluding carboxylic acids is 1. The number of anilines is 1. The van der Waals surface area contributed by atoms with E-state index >= 15 is 0 Å². The number of hydrogen-bond donors (Lipinski definition) is 1. The molecule has 33 heavy (non-hydrogen) atoms. The summed E-state index contributed by atoms with van der Waals surface area (Å²) in [5.74, 6) is -1.09. The summed E-state index contributed by atoms with van der Waals surface area (Å²) < 4.78 is 60.6. The quantitative estimate of drug-likeness (QED) is 0.535. The van der Waals surface area contributed by atoms with E-state index in [-0.39, 0.29) is 21.3 Å². The van der Waals surface area contributed by atoms with Crippen LogP contribution in [0.1, 0.15) is 38.1 Å². The number of rotatable bonds is 7. The van der Waals surface area contributed by atoms with E-state index < -0.39 is 38.0 Å². The lowest BCUT2D eigenvalue weighted by Crippen LogP contribution is -2.30.